The van der Waals surface area contributed by atoms with E-state index >= 15 is 0 Å². The van der Waals surface area contributed by atoms with Gasteiger partial charge >= 0.3 is 38.2 Å². The van der Waals surface area contributed by atoms with Crippen molar-refractivity contribution in [3.05, 3.63) is 86.5 Å². The summed E-state index contributed by atoms with van der Waals surface area (Å²) in [4.78, 5) is 0. The Morgan fingerprint density at radius 3 is 0.469 bits per heavy atom. The van der Waals surface area contributed by atoms with Gasteiger partial charge in [0.25, 0.3) is 0 Å². The summed E-state index contributed by atoms with van der Waals surface area (Å²) in [6.45, 7) is 43.8. The Balaban J connectivity index is 0.000000698. The van der Waals surface area contributed by atoms with Crippen LogP contribution in [0.3, 0.4) is 0 Å². The normalized spacial score (nSPS) is 12.7. The van der Waals surface area contributed by atoms with Crippen molar-refractivity contribution >= 4 is 0 Å². The Kier molecular flexibility index (Phi) is 15.8. The summed E-state index contributed by atoms with van der Waals surface area (Å²) >= 11 is 0. The van der Waals surface area contributed by atoms with Crippen LogP contribution in [0, 0.1) is 58.9 Å². The summed E-state index contributed by atoms with van der Waals surface area (Å²) in [6, 6.07) is 12.2. The van der Waals surface area contributed by atoms with E-state index in [1.807, 2.05) is 36.4 Å². The van der Waals surface area contributed by atoms with Crippen LogP contribution in [0.1, 0.15) is 175 Å². The first-order chi connectivity index (χ1) is 21.1. The van der Waals surface area contributed by atoms with Crippen LogP contribution in [0.5, 0.6) is 17.2 Å². The summed E-state index contributed by atoms with van der Waals surface area (Å²) < 4.78 is 0. The van der Waals surface area contributed by atoms with Crippen LogP contribution in [0.4, 0.5) is 0 Å². The van der Waals surface area contributed by atoms with Crippen LogP contribution in [0.2, 0.25) is 0 Å². The molecule has 3 rings (SSSR count). The molecule has 0 saturated carbocycles. The summed E-state index contributed by atoms with van der Waals surface area (Å²) in [5, 5.41) is 37.2. The van der Waals surface area contributed by atoms with E-state index in [0.29, 0.717) is 0 Å². The quantitative estimate of drug-likeness (QED) is 0.227. The molecule has 1 radical (unpaired) electrons. The Labute approximate surface area is 332 Å². The molecule has 0 aliphatic carbocycles. The first-order valence-electron chi connectivity index (χ1n) is 17.6. The van der Waals surface area contributed by atoms with E-state index < -0.39 is 0 Å². The molecule has 0 fully saturated rings. The Morgan fingerprint density at radius 2 is 0.388 bits per heavy atom. The van der Waals surface area contributed by atoms with Crippen molar-refractivity contribution in [3.8, 4) is 17.2 Å². The second kappa shape index (κ2) is 16.3. The molecular weight excluding hydrogens is 751 g/mol. The molecule has 0 saturated heterocycles. The van der Waals surface area contributed by atoms with Crippen LogP contribution >= 0.6 is 0 Å². The average Bonchev–Trinajstić information content (AvgIpc) is 2.84. The zero-order valence-corrected chi connectivity index (χ0v) is 37.0. The van der Waals surface area contributed by atoms with Gasteiger partial charge in [0.05, 0.1) is 0 Å². The molecule has 3 aromatic carbocycles. The van der Waals surface area contributed by atoms with E-state index in [1.54, 1.807) is 0 Å². The van der Waals surface area contributed by atoms with Gasteiger partial charge in [-0.2, -0.15) is 0 Å². The number of hydrogen-bond donors (Lipinski definition) is 0. The summed E-state index contributed by atoms with van der Waals surface area (Å²) in [7, 11) is 0. The molecule has 0 aliphatic rings. The van der Waals surface area contributed by atoms with Gasteiger partial charge in [-0.3, -0.25) is 0 Å². The van der Waals surface area contributed by atoms with Gasteiger partial charge in [0, 0.05) is 0 Å². The predicted octanol–water partition coefficient (Wildman–Crippen LogP) is 11.0. The van der Waals surface area contributed by atoms with Crippen molar-refractivity contribution in [2.75, 3.05) is 0 Å². The Morgan fingerprint density at radius 1 is 0.286 bits per heavy atom. The van der Waals surface area contributed by atoms with Gasteiger partial charge < -0.3 is 15.3 Å². The Bertz CT molecular complexity index is 1260. The summed E-state index contributed by atoms with van der Waals surface area (Å²) in [6.07, 6.45) is 0. The maximum absolute atomic E-state index is 12.4. The van der Waals surface area contributed by atoms with Crippen molar-refractivity contribution < 1.29 is 53.5 Å². The Hall–Kier alpha value is -1.67. The molecule has 0 N–H and O–H groups in total. The third-order valence-corrected chi connectivity index (χ3v) is 8.55. The third kappa shape index (κ3) is 13.4. The number of aryl methyl sites for hydroxylation is 3. The largest absolute Gasteiger partial charge is 3.00 e. The molecule has 0 spiro atoms. The monoisotopic (exact) mass is 821 g/mol. The van der Waals surface area contributed by atoms with Crippen LogP contribution in [-0.2, 0) is 32.5 Å². The molecule has 0 aromatic heterocycles. The fourth-order valence-electron chi connectivity index (χ4n) is 5.66. The van der Waals surface area contributed by atoms with E-state index in [0.717, 1.165) is 33.4 Å². The molecule has 3 nitrogen and oxygen atoms in total. The molecule has 277 valence electrons. The smallest absolute Gasteiger partial charge is 0.872 e. The predicted molar refractivity (Wildman–Crippen MR) is 204 cm³/mol. The molecule has 4 heteroatoms. The van der Waals surface area contributed by atoms with Crippen molar-refractivity contribution in [3.63, 3.8) is 0 Å². The van der Waals surface area contributed by atoms with Gasteiger partial charge in [0.2, 0.25) is 0 Å². The molecular formula is C45H69DyO3. The molecule has 0 bridgehead atoms. The molecule has 0 aliphatic heterocycles. The number of rotatable bonds is 0. The third-order valence-electron chi connectivity index (χ3n) is 8.55. The minimum atomic E-state index is -0.0803. The molecule has 3 aromatic rings. The number of hydrogen-bond acceptors (Lipinski definition) is 3. The molecule has 0 atom stereocenters. The average molecular weight is 821 g/mol. The van der Waals surface area contributed by atoms with Crippen molar-refractivity contribution in [1.29, 1.82) is 0 Å². The zero-order chi connectivity index (χ0) is 38.2. The van der Waals surface area contributed by atoms with E-state index in [4.69, 9.17) is 0 Å². The summed E-state index contributed by atoms with van der Waals surface area (Å²) in [5.41, 5.74) is 8.61. The molecule has 0 amide bonds. The van der Waals surface area contributed by atoms with Gasteiger partial charge in [-0.15, -0.1) is 17.2 Å². The van der Waals surface area contributed by atoms with E-state index in [1.165, 1.54) is 16.7 Å². The topological polar surface area (TPSA) is 69.2 Å². The van der Waals surface area contributed by atoms with Gasteiger partial charge in [-0.05, 0) is 86.6 Å². The van der Waals surface area contributed by atoms with Crippen molar-refractivity contribution in [2.24, 2.45) is 0 Å². The van der Waals surface area contributed by atoms with Gasteiger partial charge in [0.15, 0.2) is 0 Å². The fraction of sp³-hybridized carbons (Fsp3) is 0.600. The van der Waals surface area contributed by atoms with Gasteiger partial charge in [0.1, 0.15) is 0 Å². The maximum atomic E-state index is 12.4. The van der Waals surface area contributed by atoms with E-state index in [-0.39, 0.29) is 87.9 Å². The van der Waals surface area contributed by atoms with E-state index in [2.05, 4.69) is 145 Å². The van der Waals surface area contributed by atoms with Crippen molar-refractivity contribution in [1.82, 2.24) is 0 Å². The van der Waals surface area contributed by atoms with Crippen LogP contribution in [0.25, 0.3) is 0 Å². The second-order valence-electron chi connectivity index (χ2n) is 20.1. The van der Waals surface area contributed by atoms with Crippen LogP contribution in [-0.4, -0.2) is 0 Å². The maximum Gasteiger partial charge on any atom is 3.00 e. The molecule has 0 heterocycles. The molecule has 0 unspecified atom stereocenters. The number of benzene rings is 3. The standard InChI is InChI=1S/3C15H24O.Dy/c3*1-10-8-11(14(2,3)4)13(16)12(9-10)15(5,6)7;/h3*8-9,16H,1-7H3;/q;;;+3/p-3. The first kappa shape index (κ1) is 47.3. The molecule has 49 heavy (non-hydrogen) atoms. The first-order valence-corrected chi connectivity index (χ1v) is 17.6. The second-order valence-corrected chi connectivity index (χ2v) is 20.1. The van der Waals surface area contributed by atoms with E-state index in [9.17, 15) is 15.3 Å². The fourth-order valence-corrected chi connectivity index (χ4v) is 5.66. The van der Waals surface area contributed by atoms with Crippen LogP contribution in [0.15, 0.2) is 36.4 Å². The SMILES string of the molecule is Cc1cc(C(C)(C)C)c([O-])c(C(C)(C)C)c1.Cc1cc(C(C)(C)C)c([O-])c(C(C)(C)C)c1.Cc1cc(C(C)(C)C)c([O-])c(C(C)(C)C)c1.[Dy+3]. The minimum absolute atomic E-state index is 0. The zero-order valence-electron chi connectivity index (χ0n) is 35.0. The van der Waals surface area contributed by atoms with Gasteiger partial charge in [-0.25, -0.2) is 0 Å². The van der Waals surface area contributed by atoms with Gasteiger partial charge in [-0.1, -0.05) is 178 Å². The minimum Gasteiger partial charge on any atom is -0.872 e. The van der Waals surface area contributed by atoms with Crippen molar-refractivity contribution in [2.45, 2.75) is 178 Å². The van der Waals surface area contributed by atoms with Crippen LogP contribution < -0.4 is 15.3 Å². The summed E-state index contributed by atoms with van der Waals surface area (Å²) in [5.74, 6) is 0.641.